The van der Waals surface area contributed by atoms with Crippen LogP contribution < -0.4 is 5.32 Å². The van der Waals surface area contributed by atoms with Gasteiger partial charge in [-0.1, -0.05) is 31.2 Å². The van der Waals surface area contributed by atoms with E-state index >= 15 is 0 Å². The van der Waals surface area contributed by atoms with Crippen molar-refractivity contribution in [2.45, 2.75) is 57.9 Å². The standard InChI is InChI=1S/C24H30N2O2S/c1-2-22(27)26-13-5-9-20(16-26)24(28)25-23(21-10-6-14-29-21)19-12-11-17-7-3-4-8-18(17)15-19/h6,10-12,14-15,20,23H,2-5,7-9,13,16H2,1H3,(H,25,28). The van der Waals surface area contributed by atoms with Gasteiger partial charge in [-0.05, 0) is 66.7 Å². The fourth-order valence-electron chi connectivity index (χ4n) is 4.61. The van der Waals surface area contributed by atoms with Crippen molar-refractivity contribution in [2.24, 2.45) is 5.92 Å². The SMILES string of the molecule is CCC(=O)N1CCCC(C(=O)NC(c2ccc3c(c2)CCCC3)c2cccs2)C1. The maximum atomic E-state index is 13.2. The first-order chi connectivity index (χ1) is 14.2. The molecule has 0 saturated carbocycles. The van der Waals surface area contributed by atoms with E-state index in [1.54, 1.807) is 11.3 Å². The van der Waals surface area contributed by atoms with Gasteiger partial charge in [-0.15, -0.1) is 11.3 Å². The minimum atomic E-state index is -0.126. The number of amides is 2. The monoisotopic (exact) mass is 410 g/mol. The Morgan fingerprint density at radius 1 is 1.17 bits per heavy atom. The number of nitrogens with zero attached hydrogens (tertiary/aromatic N) is 1. The summed E-state index contributed by atoms with van der Waals surface area (Å²) in [4.78, 5) is 28.3. The van der Waals surface area contributed by atoms with Crippen LogP contribution in [0, 0.1) is 5.92 Å². The number of rotatable bonds is 5. The molecule has 4 rings (SSSR count). The molecule has 0 radical (unpaired) electrons. The number of benzene rings is 1. The van der Waals surface area contributed by atoms with Gasteiger partial charge in [-0.3, -0.25) is 9.59 Å². The number of likely N-dealkylation sites (tertiary alicyclic amines) is 1. The molecule has 5 heteroatoms. The van der Waals surface area contributed by atoms with Crippen molar-refractivity contribution in [3.8, 4) is 0 Å². The lowest BCUT2D eigenvalue weighted by Crippen LogP contribution is -2.46. The number of carbonyl (C=O) groups excluding carboxylic acids is 2. The minimum Gasteiger partial charge on any atom is -0.344 e. The van der Waals surface area contributed by atoms with E-state index in [0.717, 1.165) is 37.1 Å². The first-order valence-electron chi connectivity index (χ1n) is 10.9. The van der Waals surface area contributed by atoms with Crippen LogP contribution in [-0.2, 0) is 22.4 Å². The van der Waals surface area contributed by atoms with Crippen LogP contribution in [0.3, 0.4) is 0 Å². The topological polar surface area (TPSA) is 49.4 Å². The van der Waals surface area contributed by atoms with Crippen molar-refractivity contribution in [3.05, 3.63) is 57.3 Å². The smallest absolute Gasteiger partial charge is 0.225 e. The third-order valence-corrected chi connectivity index (χ3v) is 7.20. The average Bonchev–Trinajstić information content (AvgIpc) is 3.31. The number of thiophene rings is 1. The van der Waals surface area contributed by atoms with Gasteiger partial charge in [0.15, 0.2) is 0 Å². The van der Waals surface area contributed by atoms with E-state index in [0.29, 0.717) is 13.0 Å². The van der Waals surface area contributed by atoms with Crippen LogP contribution in [0.15, 0.2) is 35.7 Å². The summed E-state index contributed by atoms with van der Waals surface area (Å²) in [5, 5.41) is 5.39. The Labute approximate surface area is 177 Å². The fraction of sp³-hybridized carbons (Fsp3) is 0.500. The molecule has 1 saturated heterocycles. The summed E-state index contributed by atoms with van der Waals surface area (Å²) in [7, 11) is 0. The second-order valence-electron chi connectivity index (χ2n) is 8.22. The van der Waals surface area contributed by atoms with Crippen molar-refractivity contribution < 1.29 is 9.59 Å². The zero-order valence-electron chi connectivity index (χ0n) is 17.2. The Kier molecular flexibility index (Phi) is 6.34. The predicted molar refractivity (Wildman–Crippen MR) is 117 cm³/mol. The van der Waals surface area contributed by atoms with Crippen LogP contribution in [0.4, 0.5) is 0 Å². The number of nitrogens with one attached hydrogen (secondary N) is 1. The van der Waals surface area contributed by atoms with Crippen molar-refractivity contribution in [1.82, 2.24) is 10.2 Å². The zero-order valence-corrected chi connectivity index (χ0v) is 18.0. The van der Waals surface area contributed by atoms with Crippen LogP contribution >= 0.6 is 11.3 Å². The molecule has 29 heavy (non-hydrogen) atoms. The summed E-state index contributed by atoms with van der Waals surface area (Å²) in [6.07, 6.45) is 7.05. The molecular formula is C24H30N2O2S. The third kappa shape index (κ3) is 4.55. The number of hydrogen-bond donors (Lipinski definition) is 1. The Morgan fingerprint density at radius 3 is 2.76 bits per heavy atom. The summed E-state index contributed by atoms with van der Waals surface area (Å²) < 4.78 is 0. The molecule has 2 unspecified atom stereocenters. The summed E-state index contributed by atoms with van der Waals surface area (Å²) in [6.45, 7) is 3.20. The van der Waals surface area contributed by atoms with Crippen LogP contribution in [-0.4, -0.2) is 29.8 Å². The van der Waals surface area contributed by atoms with Crippen molar-refractivity contribution in [2.75, 3.05) is 13.1 Å². The lowest BCUT2D eigenvalue weighted by molar-refractivity contribution is -0.135. The van der Waals surface area contributed by atoms with Crippen LogP contribution in [0.1, 0.15) is 66.6 Å². The van der Waals surface area contributed by atoms with Gasteiger partial charge in [-0.2, -0.15) is 0 Å². The molecule has 2 atom stereocenters. The first-order valence-corrected chi connectivity index (χ1v) is 11.8. The Balaban J connectivity index is 1.54. The van der Waals surface area contributed by atoms with E-state index < -0.39 is 0 Å². The number of aryl methyl sites for hydroxylation is 2. The molecule has 154 valence electrons. The minimum absolute atomic E-state index is 0.0646. The molecule has 0 spiro atoms. The molecule has 4 nitrogen and oxygen atoms in total. The number of fused-ring (bicyclic) bond motifs is 1. The van der Waals surface area contributed by atoms with Crippen LogP contribution in [0.5, 0.6) is 0 Å². The number of carbonyl (C=O) groups is 2. The predicted octanol–water partition coefficient (Wildman–Crippen LogP) is 4.48. The second kappa shape index (κ2) is 9.12. The van der Waals surface area contributed by atoms with Gasteiger partial charge in [0.1, 0.15) is 0 Å². The van der Waals surface area contributed by atoms with Gasteiger partial charge in [0.05, 0.1) is 12.0 Å². The van der Waals surface area contributed by atoms with Crippen molar-refractivity contribution in [3.63, 3.8) is 0 Å². The molecule has 1 N–H and O–H groups in total. The third-order valence-electron chi connectivity index (χ3n) is 6.27. The summed E-state index contributed by atoms with van der Waals surface area (Å²) >= 11 is 1.68. The Hall–Kier alpha value is -2.14. The van der Waals surface area contributed by atoms with Gasteiger partial charge in [0.25, 0.3) is 0 Å². The van der Waals surface area contributed by atoms with E-state index in [-0.39, 0.29) is 23.8 Å². The molecule has 2 heterocycles. The molecule has 2 amide bonds. The van der Waals surface area contributed by atoms with E-state index in [1.807, 2.05) is 17.9 Å². The molecule has 2 aliphatic rings. The normalized spacial score (nSPS) is 20.0. The maximum Gasteiger partial charge on any atom is 0.225 e. The average molecular weight is 411 g/mol. The highest BCUT2D eigenvalue weighted by Gasteiger charge is 2.30. The summed E-state index contributed by atoms with van der Waals surface area (Å²) in [6, 6.07) is 10.8. The first kappa shape index (κ1) is 20.1. The van der Waals surface area contributed by atoms with Gasteiger partial charge >= 0.3 is 0 Å². The fourth-order valence-corrected chi connectivity index (χ4v) is 5.41. The molecule has 1 aromatic carbocycles. The summed E-state index contributed by atoms with van der Waals surface area (Å²) in [5.41, 5.74) is 4.05. The highest BCUT2D eigenvalue weighted by atomic mass is 32.1. The number of hydrogen-bond acceptors (Lipinski definition) is 3. The lowest BCUT2D eigenvalue weighted by atomic mass is 9.88. The van der Waals surface area contributed by atoms with Gasteiger partial charge in [0, 0.05) is 24.4 Å². The van der Waals surface area contributed by atoms with E-state index in [2.05, 4.69) is 35.0 Å². The van der Waals surface area contributed by atoms with Crippen molar-refractivity contribution in [1.29, 1.82) is 0 Å². The van der Waals surface area contributed by atoms with E-state index in [9.17, 15) is 9.59 Å². The lowest BCUT2D eigenvalue weighted by Gasteiger charge is -2.33. The number of piperidine rings is 1. The van der Waals surface area contributed by atoms with Crippen LogP contribution in [0.2, 0.25) is 0 Å². The van der Waals surface area contributed by atoms with E-state index in [1.165, 1.54) is 29.5 Å². The molecule has 0 bridgehead atoms. The quantitative estimate of drug-likeness (QED) is 0.790. The molecule has 1 aromatic heterocycles. The summed E-state index contributed by atoms with van der Waals surface area (Å²) in [5.74, 6) is 0.0843. The van der Waals surface area contributed by atoms with E-state index in [4.69, 9.17) is 0 Å². The molecule has 1 aliphatic carbocycles. The van der Waals surface area contributed by atoms with Crippen LogP contribution in [0.25, 0.3) is 0 Å². The highest BCUT2D eigenvalue weighted by molar-refractivity contribution is 7.10. The van der Waals surface area contributed by atoms with Crippen molar-refractivity contribution >= 4 is 23.2 Å². The molecule has 1 aliphatic heterocycles. The highest BCUT2D eigenvalue weighted by Crippen LogP contribution is 2.31. The zero-order chi connectivity index (χ0) is 20.2. The Bertz CT molecular complexity index is 862. The molecular weight excluding hydrogens is 380 g/mol. The largest absolute Gasteiger partial charge is 0.344 e. The molecule has 2 aromatic rings. The molecule has 1 fully saturated rings. The van der Waals surface area contributed by atoms with Gasteiger partial charge in [0.2, 0.25) is 11.8 Å². The second-order valence-corrected chi connectivity index (χ2v) is 9.20. The Morgan fingerprint density at radius 2 is 2.00 bits per heavy atom. The van der Waals surface area contributed by atoms with Gasteiger partial charge < -0.3 is 10.2 Å². The van der Waals surface area contributed by atoms with Gasteiger partial charge in [-0.25, -0.2) is 0 Å². The maximum absolute atomic E-state index is 13.2.